The van der Waals surface area contributed by atoms with Gasteiger partial charge >= 0.3 is 0 Å². The number of piperidine rings is 1. The highest BCUT2D eigenvalue weighted by atomic mass is 127. The number of aromatic nitrogens is 1. The number of rotatable bonds is 4. The van der Waals surface area contributed by atoms with Gasteiger partial charge in [0.15, 0.2) is 5.96 Å². The standard InChI is InChI=1S/C17H30N6O.HI/c1-18-17(19-12-15-4-3-6-21(2)13-15)23-9-7-22(8-10-23)14-16-5-11-24-20-16;/h5,11,15H,3-4,6-10,12-14H2,1-2H3,(H,18,19);1H. The zero-order valence-corrected chi connectivity index (χ0v) is 17.7. The van der Waals surface area contributed by atoms with Crippen LogP contribution in [0.2, 0.25) is 0 Å². The minimum atomic E-state index is 0. The van der Waals surface area contributed by atoms with Crippen LogP contribution in [0.3, 0.4) is 0 Å². The van der Waals surface area contributed by atoms with E-state index in [4.69, 9.17) is 4.52 Å². The number of halogens is 1. The maximum Gasteiger partial charge on any atom is 0.193 e. The number of aliphatic imine (C=N–C) groups is 1. The fraction of sp³-hybridized carbons (Fsp3) is 0.765. The molecule has 2 aliphatic rings. The molecule has 2 aliphatic heterocycles. The third kappa shape index (κ3) is 6.10. The lowest BCUT2D eigenvalue weighted by atomic mass is 9.98. The van der Waals surface area contributed by atoms with Gasteiger partial charge in [-0.3, -0.25) is 9.89 Å². The van der Waals surface area contributed by atoms with Gasteiger partial charge in [0.25, 0.3) is 0 Å². The molecular weight excluding hydrogens is 431 g/mol. The second-order valence-electron chi connectivity index (χ2n) is 6.95. The van der Waals surface area contributed by atoms with Crippen LogP contribution in [0, 0.1) is 5.92 Å². The number of guanidine groups is 1. The molecule has 7 nitrogen and oxygen atoms in total. The fourth-order valence-electron chi connectivity index (χ4n) is 3.67. The number of piperazine rings is 1. The van der Waals surface area contributed by atoms with Gasteiger partial charge in [-0.15, -0.1) is 24.0 Å². The average molecular weight is 462 g/mol. The van der Waals surface area contributed by atoms with E-state index in [-0.39, 0.29) is 24.0 Å². The summed E-state index contributed by atoms with van der Waals surface area (Å²) in [5.74, 6) is 1.78. The molecule has 0 bridgehead atoms. The van der Waals surface area contributed by atoms with Crippen LogP contribution in [0.4, 0.5) is 0 Å². The highest BCUT2D eigenvalue weighted by Crippen LogP contribution is 2.14. The van der Waals surface area contributed by atoms with Crippen LogP contribution in [-0.4, -0.2) is 85.7 Å². The van der Waals surface area contributed by atoms with E-state index in [1.807, 2.05) is 13.1 Å². The molecule has 1 aromatic rings. The smallest absolute Gasteiger partial charge is 0.193 e. The molecule has 2 fully saturated rings. The largest absolute Gasteiger partial charge is 0.364 e. The summed E-state index contributed by atoms with van der Waals surface area (Å²) in [6.45, 7) is 8.37. The Kier molecular flexibility index (Phi) is 8.44. The maximum atomic E-state index is 4.91. The predicted molar refractivity (Wildman–Crippen MR) is 110 cm³/mol. The fourth-order valence-corrected chi connectivity index (χ4v) is 3.67. The summed E-state index contributed by atoms with van der Waals surface area (Å²) in [5.41, 5.74) is 1.01. The predicted octanol–water partition coefficient (Wildman–Crippen LogP) is 1.33. The first-order valence-electron chi connectivity index (χ1n) is 9.00. The van der Waals surface area contributed by atoms with E-state index < -0.39 is 0 Å². The van der Waals surface area contributed by atoms with Gasteiger partial charge in [-0.05, 0) is 32.4 Å². The molecule has 0 aliphatic carbocycles. The van der Waals surface area contributed by atoms with E-state index in [1.165, 1.54) is 25.9 Å². The van der Waals surface area contributed by atoms with E-state index in [1.54, 1.807) is 6.26 Å². The van der Waals surface area contributed by atoms with Crippen LogP contribution in [0.25, 0.3) is 0 Å². The van der Waals surface area contributed by atoms with Gasteiger partial charge in [0.05, 0.1) is 5.69 Å². The highest BCUT2D eigenvalue weighted by molar-refractivity contribution is 14.0. The Morgan fingerprint density at radius 1 is 1.32 bits per heavy atom. The normalized spacial score (nSPS) is 23.4. The molecule has 8 heteroatoms. The summed E-state index contributed by atoms with van der Waals surface area (Å²) >= 11 is 0. The Balaban J connectivity index is 0.00000225. The molecule has 0 amide bonds. The summed E-state index contributed by atoms with van der Waals surface area (Å²) in [7, 11) is 4.10. The van der Waals surface area contributed by atoms with Crippen LogP contribution >= 0.6 is 24.0 Å². The lowest BCUT2D eigenvalue weighted by Crippen LogP contribution is -2.53. The minimum Gasteiger partial charge on any atom is -0.364 e. The third-order valence-corrected chi connectivity index (χ3v) is 5.03. The molecule has 0 aromatic carbocycles. The van der Waals surface area contributed by atoms with Crippen LogP contribution in [0.15, 0.2) is 21.8 Å². The van der Waals surface area contributed by atoms with E-state index in [0.29, 0.717) is 0 Å². The Labute approximate surface area is 167 Å². The van der Waals surface area contributed by atoms with Crippen LogP contribution in [0.1, 0.15) is 18.5 Å². The topological polar surface area (TPSA) is 60.1 Å². The van der Waals surface area contributed by atoms with Gasteiger partial charge in [0.1, 0.15) is 6.26 Å². The van der Waals surface area contributed by atoms with E-state index in [2.05, 4.69) is 37.2 Å². The van der Waals surface area contributed by atoms with Crippen molar-refractivity contribution in [1.82, 2.24) is 25.2 Å². The highest BCUT2D eigenvalue weighted by Gasteiger charge is 2.22. The van der Waals surface area contributed by atoms with Crippen molar-refractivity contribution in [3.8, 4) is 0 Å². The molecule has 0 saturated carbocycles. The van der Waals surface area contributed by atoms with Crippen molar-refractivity contribution < 1.29 is 4.52 Å². The number of nitrogens with zero attached hydrogens (tertiary/aromatic N) is 5. The van der Waals surface area contributed by atoms with Crippen molar-refractivity contribution in [2.75, 3.05) is 59.9 Å². The quantitative estimate of drug-likeness (QED) is 0.414. The molecule has 1 N–H and O–H groups in total. The number of hydrogen-bond acceptors (Lipinski definition) is 5. The molecule has 0 radical (unpaired) electrons. The summed E-state index contributed by atoms with van der Waals surface area (Å²) < 4.78 is 4.91. The van der Waals surface area contributed by atoms with E-state index in [9.17, 15) is 0 Å². The Hall–Kier alpha value is -0.870. The third-order valence-electron chi connectivity index (χ3n) is 5.03. The molecule has 3 rings (SSSR count). The molecule has 0 spiro atoms. The lowest BCUT2D eigenvalue weighted by molar-refractivity contribution is 0.167. The van der Waals surface area contributed by atoms with Crippen molar-refractivity contribution in [1.29, 1.82) is 0 Å². The number of likely N-dealkylation sites (tertiary alicyclic amines) is 1. The summed E-state index contributed by atoms with van der Waals surface area (Å²) in [5, 5.41) is 7.59. The second kappa shape index (κ2) is 10.3. The van der Waals surface area contributed by atoms with Crippen molar-refractivity contribution >= 4 is 29.9 Å². The molecule has 142 valence electrons. The van der Waals surface area contributed by atoms with Gasteiger partial charge in [-0.1, -0.05) is 5.16 Å². The van der Waals surface area contributed by atoms with Gasteiger partial charge < -0.3 is 19.6 Å². The van der Waals surface area contributed by atoms with Gasteiger partial charge in [0, 0.05) is 58.9 Å². The second-order valence-corrected chi connectivity index (χ2v) is 6.95. The first-order valence-corrected chi connectivity index (χ1v) is 9.00. The molecular formula is C17H31IN6O. The lowest BCUT2D eigenvalue weighted by Gasteiger charge is -2.37. The number of hydrogen-bond donors (Lipinski definition) is 1. The molecule has 25 heavy (non-hydrogen) atoms. The van der Waals surface area contributed by atoms with Gasteiger partial charge in [0.2, 0.25) is 0 Å². The van der Waals surface area contributed by atoms with Gasteiger partial charge in [-0.2, -0.15) is 0 Å². The monoisotopic (exact) mass is 462 g/mol. The van der Waals surface area contributed by atoms with Crippen molar-refractivity contribution in [3.63, 3.8) is 0 Å². The molecule has 1 aromatic heterocycles. The zero-order valence-electron chi connectivity index (χ0n) is 15.4. The van der Waals surface area contributed by atoms with Crippen LogP contribution < -0.4 is 5.32 Å². The Morgan fingerprint density at radius 2 is 2.12 bits per heavy atom. The van der Waals surface area contributed by atoms with Crippen LogP contribution in [0.5, 0.6) is 0 Å². The molecule has 2 saturated heterocycles. The van der Waals surface area contributed by atoms with Crippen molar-refractivity contribution in [2.45, 2.75) is 19.4 Å². The summed E-state index contributed by atoms with van der Waals surface area (Å²) in [4.78, 5) is 11.7. The zero-order chi connectivity index (χ0) is 16.8. The molecule has 3 heterocycles. The Morgan fingerprint density at radius 3 is 2.76 bits per heavy atom. The van der Waals surface area contributed by atoms with Gasteiger partial charge in [-0.25, -0.2) is 0 Å². The van der Waals surface area contributed by atoms with Crippen molar-refractivity contribution in [3.05, 3.63) is 18.0 Å². The molecule has 1 atom stereocenters. The van der Waals surface area contributed by atoms with E-state index >= 15 is 0 Å². The summed E-state index contributed by atoms with van der Waals surface area (Å²) in [6.07, 6.45) is 4.27. The molecule has 1 unspecified atom stereocenters. The average Bonchev–Trinajstić information content (AvgIpc) is 3.10. The van der Waals surface area contributed by atoms with E-state index in [0.717, 1.165) is 56.8 Å². The Bertz CT molecular complexity index is 515. The minimum absolute atomic E-state index is 0. The number of nitrogens with one attached hydrogen (secondary N) is 1. The maximum absolute atomic E-state index is 4.91. The summed E-state index contributed by atoms with van der Waals surface area (Å²) in [6, 6.07) is 1.94. The van der Waals surface area contributed by atoms with Crippen LogP contribution in [-0.2, 0) is 6.54 Å². The SMILES string of the molecule is CN=C(NCC1CCCN(C)C1)N1CCN(Cc2ccon2)CC1.I. The first-order chi connectivity index (χ1) is 11.7. The first kappa shape index (κ1) is 20.4. The van der Waals surface area contributed by atoms with Crippen molar-refractivity contribution in [2.24, 2.45) is 10.9 Å².